The zero-order chi connectivity index (χ0) is 15.5. The Kier molecular flexibility index (Phi) is 6.36. The van der Waals surface area contributed by atoms with Crippen LogP contribution in [0.4, 0.5) is 0 Å². The van der Waals surface area contributed by atoms with E-state index in [-0.39, 0.29) is 13.2 Å². The summed E-state index contributed by atoms with van der Waals surface area (Å²) < 4.78 is 35.9. The second-order valence-corrected chi connectivity index (χ2v) is 8.59. The van der Waals surface area contributed by atoms with Crippen molar-refractivity contribution in [2.45, 2.75) is 38.8 Å². The topological polar surface area (TPSA) is 154 Å². The molecule has 0 amide bonds. The number of phosphoric ester groups is 2. The molecule has 116 valence electrons. The Hall–Kier alpha value is 0.180. The summed E-state index contributed by atoms with van der Waals surface area (Å²) >= 11 is 0. The van der Waals surface area contributed by atoms with Crippen LogP contribution in [-0.4, -0.2) is 34.1 Å². The largest absolute Gasteiger partial charge is 0.481 e. The Morgan fingerprint density at radius 1 is 0.895 bits per heavy atom. The fourth-order valence-electron chi connectivity index (χ4n) is 0.673. The number of nitrogens with two attached hydrogens (primary N) is 2. The molecular formula is C8H22N2O7P2. The second-order valence-electron chi connectivity index (χ2n) is 5.54. The molecule has 0 aliphatic carbocycles. The smallest absolute Gasteiger partial charge is 0.324 e. The minimum Gasteiger partial charge on any atom is -0.324 e. The Bertz CT molecular complexity index is 352. The van der Waals surface area contributed by atoms with Gasteiger partial charge in [-0.05, 0) is 27.7 Å². The second kappa shape index (κ2) is 6.30. The van der Waals surface area contributed by atoms with E-state index in [0.29, 0.717) is 0 Å². The summed E-state index contributed by atoms with van der Waals surface area (Å²) in [6.45, 7) is 5.47. The van der Waals surface area contributed by atoms with Crippen LogP contribution in [0.5, 0.6) is 0 Å². The molecular weight excluding hydrogens is 298 g/mol. The Morgan fingerprint density at radius 3 is 1.37 bits per heavy atom. The summed E-state index contributed by atoms with van der Waals surface area (Å²) in [5.41, 5.74) is 9.26. The highest BCUT2D eigenvalue weighted by Crippen LogP contribution is 2.60. The molecule has 0 aromatic carbocycles. The number of phosphoric acid groups is 2. The number of rotatable bonds is 8. The fourth-order valence-corrected chi connectivity index (χ4v) is 3.09. The summed E-state index contributed by atoms with van der Waals surface area (Å²) in [6.07, 6.45) is 0. The molecule has 9 nitrogen and oxygen atoms in total. The molecule has 2 unspecified atom stereocenters. The standard InChI is InChI=1S/C8H22N2O7P2/c1-7(2,9)5-15-18(11,12)17-19(13,14)16-6-8(3,4)10/h5-6,9-10H2,1-4H3,(H,11,12)(H,13,14). The molecule has 0 aliphatic rings. The lowest BCUT2D eigenvalue weighted by atomic mass is 10.1. The van der Waals surface area contributed by atoms with E-state index in [1.54, 1.807) is 27.7 Å². The first kappa shape index (κ1) is 19.2. The third-order valence-electron chi connectivity index (χ3n) is 1.41. The summed E-state index contributed by atoms with van der Waals surface area (Å²) in [4.78, 5) is 18.5. The van der Waals surface area contributed by atoms with Crippen LogP contribution in [-0.2, 0) is 22.5 Å². The van der Waals surface area contributed by atoms with E-state index in [9.17, 15) is 18.9 Å². The molecule has 0 rings (SSSR count). The molecule has 6 N–H and O–H groups in total. The van der Waals surface area contributed by atoms with Gasteiger partial charge in [-0.1, -0.05) is 0 Å². The predicted molar refractivity (Wildman–Crippen MR) is 69.2 cm³/mol. The van der Waals surface area contributed by atoms with Crippen LogP contribution in [0.15, 0.2) is 0 Å². The molecule has 0 bridgehead atoms. The van der Waals surface area contributed by atoms with Gasteiger partial charge in [-0.2, -0.15) is 4.31 Å². The Labute approximate surface area is 112 Å². The number of hydrogen-bond acceptors (Lipinski definition) is 7. The number of hydrogen-bond donors (Lipinski definition) is 4. The van der Waals surface area contributed by atoms with Gasteiger partial charge in [0, 0.05) is 11.1 Å². The first-order valence-corrected chi connectivity index (χ1v) is 8.35. The lowest BCUT2D eigenvalue weighted by Crippen LogP contribution is -2.37. The summed E-state index contributed by atoms with van der Waals surface area (Å²) in [5.74, 6) is 0. The van der Waals surface area contributed by atoms with Crippen LogP contribution < -0.4 is 11.5 Å². The van der Waals surface area contributed by atoms with E-state index in [1.807, 2.05) is 0 Å². The van der Waals surface area contributed by atoms with Crippen molar-refractivity contribution in [3.63, 3.8) is 0 Å². The molecule has 0 aromatic rings. The zero-order valence-electron chi connectivity index (χ0n) is 11.4. The molecule has 0 spiro atoms. The maximum atomic E-state index is 11.4. The quantitative estimate of drug-likeness (QED) is 0.473. The maximum absolute atomic E-state index is 11.4. The third kappa shape index (κ3) is 11.7. The van der Waals surface area contributed by atoms with Crippen molar-refractivity contribution in [1.29, 1.82) is 0 Å². The zero-order valence-corrected chi connectivity index (χ0v) is 13.2. The third-order valence-corrected chi connectivity index (χ3v) is 3.97. The van der Waals surface area contributed by atoms with Crippen molar-refractivity contribution in [2.24, 2.45) is 11.5 Å². The van der Waals surface area contributed by atoms with E-state index in [2.05, 4.69) is 13.4 Å². The molecule has 0 fully saturated rings. The Morgan fingerprint density at radius 2 is 1.16 bits per heavy atom. The molecule has 0 saturated heterocycles. The van der Waals surface area contributed by atoms with Gasteiger partial charge in [0.1, 0.15) is 0 Å². The average Bonchev–Trinajstić information content (AvgIpc) is 2.09. The molecule has 0 radical (unpaired) electrons. The fraction of sp³-hybridized carbons (Fsp3) is 1.00. The van der Waals surface area contributed by atoms with Gasteiger partial charge in [0.05, 0.1) is 13.2 Å². The minimum atomic E-state index is -4.75. The van der Waals surface area contributed by atoms with Crippen molar-refractivity contribution in [2.75, 3.05) is 13.2 Å². The highest BCUT2D eigenvalue weighted by atomic mass is 31.3. The van der Waals surface area contributed by atoms with Gasteiger partial charge in [-0.15, -0.1) is 0 Å². The van der Waals surface area contributed by atoms with E-state index in [0.717, 1.165) is 0 Å². The van der Waals surface area contributed by atoms with Crippen LogP contribution in [0.3, 0.4) is 0 Å². The van der Waals surface area contributed by atoms with E-state index in [4.69, 9.17) is 11.5 Å². The van der Waals surface area contributed by atoms with E-state index < -0.39 is 26.7 Å². The van der Waals surface area contributed by atoms with Gasteiger partial charge in [0.2, 0.25) is 0 Å². The summed E-state index contributed by atoms with van der Waals surface area (Å²) in [6, 6.07) is 0. The van der Waals surface area contributed by atoms with Gasteiger partial charge in [-0.25, -0.2) is 9.13 Å². The van der Waals surface area contributed by atoms with Crippen molar-refractivity contribution in [3.05, 3.63) is 0 Å². The average molecular weight is 320 g/mol. The van der Waals surface area contributed by atoms with Crippen LogP contribution >= 0.6 is 15.6 Å². The first-order chi connectivity index (χ1) is 8.12. The van der Waals surface area contributed by atoms with Gasteiger partial charge in [0.15, 0.2) is 0 Å². The van der Waals surface area contributed by atoms with Gasteiger partial charge < -0.3 is 21.3 Å². The molecule has 0 aromatic heterocycles. The normalized spacial score (nSPS) is 19.8. The maximum Gasteiger partial charge on any atom is 0.481 e. The van der Waals surface area contributed by atoms with E-state index >= 15 is 0 Å². The van der Waals surface area contributed by atoms with Crippen LogP contribution in [0.1, 0.15) is 27.7 Å². The molecule has 2 atom stereocenters. The van der Waals surface area contributed by atoms with Gasteiger partial charge in [0.25, 0.3) is 0 Å². The van der Waals surface area contributed by atoms with Crippen LogP contribution in [0.2, 0.25) is 0 Å². The first-order valence-electron chi connectivity index (χ1n) is 5.36. The minimum absolute atomic E-state index is 0.344. The molecule has 0 aliphatic heterocycles. The van der Waals surface area contributed by atoms with Crippen molar-refractivity contribution in [1.82, 2.24) is 0 Å². The van der Waals surface area contributed by atoms with Gasteiger partial charge >= 0.3 is 15.6 Å². The van der Waals surface area contributed by atoms with E-state index in [1.165, 1.54) is 0 Å². The SMILES string of the molecule is CC(C)(N)COP(=O)(O)OP(=O)(O)OCC(C)(C)N. The monoisotopic (exact) mass is 320 g/mol. The van der Waals surface area contributed by atoms with Crippen LogP contribution in [0, 0.1) is 0 Å². The van der Waals surface area contributed by atoms with Crippen molar-refractivity contribution in [3.8, 4) is 0 Å². The lowest BCUT2D eigenvalue weighted by molar-refractivity contribution is 0.128. The van der Waals surface area contributed by atoms with Crippen molar-refractivity contribution < 1.29 is 32.3 Å². The molecule has 0 heterocycles. The van der Waals surface area contributed by atoms with Crippen molar-refractivity contribution >= 4 is 15.6 Å². The Balaban J connectivity index is 4.47. The summed E-state index contributed by atoms with van der Waals surface area (Å²) in [5, 5.41) is 0. The summed E-state index contributed by atoms with van der Waals surface area (Å²) in [7, 11) is -9.50. The van der Waals surface area contributed by atoms with Crippen LogP contribution in [0.25, 0.3) is 0 Å². The molecule has 19 heavy (non-hydrogen) atoms. The van der Waals surface area contributed by atoms with Gasteiger partial charge in [-0.3, -0.25) is 9.05 Å². The lowest BCUT2D eigenvalue weighted by Gasteiger charge is -2.23. The molecule has 11 heteroatoms. The highest BCUT2D eigenvalue weighted by molar-refractivity contribution is 7.61. The predicted octanol–water partition coefficient (Wildman–Crippen LogP) is 0.712. The molecule has 0 saturated carbocycles. The highest BCUT2D eigenvalue weighted by Gasteiger charge is 2.37.